The van der Waals surface area contributed by atoms with Crippen molar-refractivity contribution < 1.29 is 14.2 Å². The summed E-state index contributed by atoms with van der Waals surface area (Å²) >= 11 is 0. The number of amidine groups is 1. The largest absolute Gasteiger partial charge is 0.493 e. The third-order valence-electron chi connectivity index (χ3n) is 6.20. The Morgan fingerprint density at radius 1 is 1.28 bits per heavy atom. The molecule has 1 aromatic heterocycles. The number of aromatic nitrogens is 3. The fourth-order valence-corrected chi connectivity index (χ4v) is 4.45. The van der Waals surface area contributed by atoms with Gasteiger partial charge in [0.1, 0.15) is 11.9 Å². The molecule has 12 heteroatoms. The Morgan fingerprint density at radius 2 is 2.08 bits per heavy atom. The number of nitrogens with one attached hydrogen (secondary N) is 2. The summed E-state index contributed by atoms with van der Waals surface area (Å²) in [5.74, 6) is 2.06. The summed E-state index contributed by atoms with van der Waals surface area (Å²) in [5, 5.41) is 8.06. The minimum atomic E-state index is -0.630. The van der Waals surface area contributed by atoms with Gasteiger partial charge in [-0.1, -0.05) is 12.7 Å². The Labute approximate surface area is 225 Å². The van der Waals surface area contributed by atoms with Crippen LogP contribution in [0.4, 0.5) is 5.69 Å². The number of H-pyrrole nitrogens is 1. The van der Waals surface area contributed by atoms with E-state index in [4.69, 9.17) is 25.7 Å². The number of aliphatic imine (C=N–C) groups is 2. The van der Waals surface area contributed by atoms with Gasteiger partial charge in [0.15, 0.2) is 23.2 Å². The van der Waals surface area contributed by atoms with E-state index < -0.39 is 11.7 Å². The van der Waals surface area contributed by atoms with Gasteiger partial charge in [-0.05, 0) is 47.5 Å². The molecule has 2 aromatic carbocycles. The number of nitrogens with two attached hydrogens (primary N) is 2. The highest BCUT2D eigenvalue weighted by molar-refractivity contribution is 6.01. The van der Waals surface area contributed by atoms with Crippen molar-refractivity contribution in [3.63, 3.8) is 0 Å². The maximum atomic E-state index is 13.1. The molecule has 0 amide bonds. The van der Waals surface area contributed by atoms with Crippen LogP contribution in [0, 0.1) is 0 Å². The summed E-state index contributed by atoms with van der Waals surface area (Å²) < 4.78 is 17.7. The molecule has 39 heavy (non-hydrogen) atoms. The second-order valence-electron chi connectivity index (χ2n) is 8.63. The van der Waals surface area contributed by atoms with E-state index in [0.29, 0.717) is 29.7 Å². The minimum absolute atomic E-state index is 0.179. The highest BCUT2D eigenvalue weighted by Gasteiger charge is 2.25. The van der Waals surface area contributed by atoms with Gasteiger partial charge >= 0.3 is 5.69 Å². The van der Waals surface area contributed by atoms with Crippen molar-refractivity contribution in [1.82, 2.24) is 14.8 Å². The molecule has 0 fully saturated rings. The summed E-state index contributed by atoms with van der Waals surface area (Å²) in [4.78, 5) is 24.4. The predicted octanol–water partition coefficient (Wildman–Crippen LogP) is 2.06. The molecule has 204 valence electrons. The Kier molecular flexibility index (Phi) is 8.15. The number of hydrogen-bond donors (Lipinski definition) is 4. The monoisotopic (exact) mass is 532 g/mol. The molecule has 6 N–H and O–H groups in total. The van der Waals surface area contributed by atoms with Gasteiger partial charge in [-0.25, -0.2) is 4.79 Å². The van der Waals surface area contributed by atoms with Crippen LogP contribution in [0.5, 0.6) is 11.5 Å². The highest BCUT2D eigenvalue weighted by atomic mass is 16.5. The zero-order valence-electron chi connectivity index (χ0n) is 22.3. The van der Waals surface area contributed by atoms with E-state index in [0.717, 1.165) is 32.6 Å². The van der Waals surface area contributed by atoms with Crippen molar-refractivity contribution in [3.8, 4) is 11.5 Å². The third kappa shape index (κ3) is 5.41. The van der Waals surface area contributed by atoms with Crippen LogP contribution in [0.2, 0.25) is 0 Å². The number of ether oxygens (including phenoxy) is 3. The van der Waals surface area contributed by atoms with E-state index in [2.05, 4.69) is 32.0 Å². The molecule has 1 atom stereocenters. The van der Waals surface area contributed by atoms with Crippen molar-refractivity contribution in [1.29, 1.82) is 0 Å². The molecular formula is C27H32N8O4. The fraction of sp³-hybridized carbons (Fsp3) is 0.259. The second kappa shape index (κ2) is 11.7. The first kappa shape index (κ1) is 27.2. The number of methoxy groups -OCH3 is 3. The van der Waals surface area contributed by atoms with Gasteiger partial charge < -0.3 is 31.0 Å². The van der Waals surface area contributed by atoms with Crippen LogP contribution in [-0.4, -0.2) is 54.8 Å². The van der Waals surface area contributed by atoms with E-state index >= 15 is 0 Å². The lowest BCUT2D eigenvalue weighted by atomic mass is 10.0. The molecule has 12 nitrogen and oxygen atoms in total. The van der Waals surface area contributed by atoms with E-state index in [1.54, 1.807) is 27.4 Å². The molecular weight excluding hydrogens is 500 g/mol. The van der Waals surface area contributed by atoms with Crippen LogP contribution in [0.1, 0.15) is 34.1 Å². The fourth-order valence-electron chi connectivity index (χ4n) is 4.45. The van der Waals surface area contributed by atoms with Crippen LogP contribution in [0.3, 0.4) is 0 Å². The van der Waals surface area contributed by atoms with Crippen LogP contribution in [-0.2, 0) is 17.9 Å². The molecule has 0 saturated heterocycles. The van der Waals surface area contributed by atoms with Gasteiger partial charge in [-0.2, -0.15) is 4.68 Å². The summed E-state index contributed by atoms with van der Waals surface area (Å²) in [6, 6.07) is 8.89. The standard InChI is InChI=1S/C27H32N8O4/c1-6-7-20(28)26(30-2)35-27(36)33-25(34-35)22(32-18-8-9-19-16(11-18)13-31-24(19)29)15-10-17(14-37-3)23(39-5)21(12-15)38-4/h6-12,22,32H,1,13-14,28H2,2-5H3,(H2,29,31)(H,33,34,36)/b20-7+,30-26?. The first-order valence-corrected chi connectivity index (χ1v) is 12.0. The molecule has 1 aliphatic heterocycles. The second-order valence-corrected chi connectivity index (χ2v) is 8.63. The smallest absolute Gasteiger partial charge is 0.349 e. The summed E-state index contributed by atoms with van der Waals surface area (Å²) in [6.07, 6.45) is 3.05. The van der Waals surface area contributed by atoms with E-state index in [1.807, 2.05) is 30.3 Å². The van der Waals surface area contributed by atoms with Gasteiger partial charge in [0.05, 0.1) is 33.1 Å². The number of rotatable bonds is 10. The van der Waals surface area contributed by atoms with Crippen LogP contribution in [0.25, 0.3) is 0 Å². The first-order chi connectivity index (χ1) is 18.8. The van der Waals surface area contributed by atoms with Gasteiger partial charge in [0.2, 0.25) is 0 Å². The summed E-state index contributed by atoms with van der Waals surface area (Å²) in [6.45, 7) is 4.42. The van der Waals surface area contributed by atoms with Crippen molar-refractivity contribution in [3.05, 3.63) is 93.3 Å². The van der Waals surface area contributed by atoms with Crippen molar-refractivity contribution in [2.45, 2.75) is 19.2 Å². The average molecular weight is 533 g/mol. The predicted molar refractivity (Wildman–Crippen MR) is 151 cm³/mol. The van der Waals surface area contributed by atoms with E-state index in [9.17, 15) is 4.79 Å². The topological polar surface area (TPSA) is 167 Å². The van der Waals surface area contributed by atoms with Gasteiger partial charge in [-0.15, -0.1) is 5.10 Å². The zero-order valence-corrected chi connectivity index (χ0v) is 22.3. The molecule has 0 bridgehead atoms. The molecule has 1 aliphatic rings. The summed E-state index contributed by atoms with van der Waals surface area (Å²) in [5.41, 5.74) is 16.0. The van der Waals surface area contributed by atoms with Crippen LogP contribution >= 0.6 is 0 Å². The van der Waals surface area contributed by atoms with E-state index in [-0.39, 0.29) is 18.1 Å². The van der Waals surface area contributed by atoms with Crippen molar-refractivity contribution >= 4 is 17.4 Å². The molecule has 3 aromatic rings. The molecule has 1 unspecified atom stereocenters. The Morgan fingerprint density at radius 3 is 2.74 bits per heavy atom. The minimum Gasteiger partial charge on any atom is -0.493 e. The SMILES string of the molecule is C=C/C=C(/N)C(=NC)n1nc(C(Nc2ccc3c(c2)CN=C3N)c2cc(COC)c(OC)c(OC)c2)[nH]c1=O. The molecule has 0 saturated carbocycles. The maximum Gasteiger partial charge on any atom is 0.349 e. The zero-order chi connectivity index (χ0) is 28.1. The maximum absolute atomic E-state index is 13.1. The van der Waals surface area contributed by atoms with Crippen molar-refractivity contribution in [2.75, 3.05) is 33.7 Å². The molecule has 0 aliphatic carbocycles. The molecule has 4 rings (SSSR count). The summed E-state index contributed by atoms with van der Waals surface area (Å²) in [7, 11) is 6.25. The number of benzene rings is 2. The van der Waals surface area contributed by atoms with Gasteiger partial charge in [0.25, 0.3) is 0 Å². The third-order valence-corrected chi connectivity index (χ3v) is 6.20. The normalized spacial score (nSPS) is 14.0. The van der Waals surface area contributed by atoms with Gasteiger partial charge in [-0.3, -0.25) is 15.0 Å². The lowest BCUT2D eigenvalue weighted by Gasteiger charge is -2.22. The number of hydrogen-bond acceptors (Lipinski definition) is 10. The molecule has 0 spiro atoms. The van der Waals surface area contributed by atoms with Crippen molar-refractivity contribution in [2.24, 2.45) is 21.5 Å². The lowest BCUT2D eigenvalue weighted by molar-refractivity contribution is 0.180. The van der Waals surface area contributed by atoms with E-state index in [1.165, 1.54) is 13.1 Å². The number of fused-ring (bicyclic) bond motifs is 1. The Hall–Kier alpha value is -4.84. The molecule has 2 heterocycles. The Bertz CT molecular complexity index is 1530. The number of nitrogens with zero attached hydrogens (tertiary/aromatic N) is 4. The lowest BCUT2D eigenvalue weighted by Crippen LogP contribution is -2.30. The Balaban J connectivity index is 1.86. The molecule has 0 radical (unpaired) electrons. The first-order valence-electron chi connectivity index (χ1n) is 12.0. The quantitative estimate of drug-likeness (QED) is 0.175. The van der Waals surface area contributed by atoms with Gasteiger partial charge in [0, 0.05) is 31.0 Å². The number of anilines is 1. The number of allylic oxidation sites excluding steroid dienone is 3. The number of aromatic amines is 1. The van der Waals surface area contributed by atoms with Crippen LogP contribution in [0.15, 0.2) is 69.5 Å². The van der Waals surface area contributed by atoms with Crippen LogP contribution < -0.4 is 31.9 Å². The average Bonchev–Trinajstić information content (AvgIpc) is 3.49. The highest BCUT2D eigenvalue weighted by Crippen LogP contribution is 2.37.